The van der Waals surface area contributed by atoms with Gasteiger partial charge in [-0.15, -0.1) is 0 Å². The molecule has 1 atom stereocenters. The van der Waals surface area contributed by atoms with Gasteiger partial charge in [0.05, 0.1) is 0 Å². The Hall–Kier alpha value is -2.82. The molecule has 0 aliphatic carbocycles. The zero-order chi connectivity index (χ0) is 16.7. The van der Waals surface area contributed by atoms with E-state index in [1.807, 2.05) is 61.5 Å². The third-order valence-corrected chi connectivity index (χ3v) is 4.66. The Labute approximate surface area is 140 Å². The van der Waals surface area contributed by atoms with E-state index in [-0.39, 0.29) is 17.7 Å². The number of rotatable bonds is 3. The van der Waals surface area contributed by atoms with Crippen LogP contribution in [-0.4, -0.2) is 17.5 Å². The smallest absolute Gasteiger partial charge is 0.235 e. The molecule has 0 spiro atoms. The highest BCUT2D eigenvalue weighted by atomic mass is 16.5. The second-order valence-corrected chi connectivity index (χ2v) is 6.59. The molecule has 24 heavy (non-hydrogen) atoms. The molecule has 0 aromatic heterocycles. The number of ether oxygens (including phenoxy) is 1. The van der Waals surface area contributed by atoms with Crippen LogP contribution < -0.4 is 15.4 Å². The van der Waals surface area contributed by atoms with Gasteiger partial charge in [0.1, 0.15) is 23.1 Å². The number of piperidine rings is 2. The average molecular weight is 322 g/mol. The van der Waals surface area contributed by atoms with Gasteiger partial charge in [-0.3, -0.25) is 9.59 Å². The number of para-hydroxylation sites is 1. The zero-order valence-electron chi connectivity index (χ0n) is 13.3. The van der Waals surface area contributed by atoms with Crippen molar-refractivity contribution in [1.29, 1.82) is 0 Å². The molecule has 122 valence electrons. The minimum atomic E-state index is -0.682. The van der Waals surface area contributed by atoms with Crippen LogP contribution in [0.2, 0.25) is 0 Å². The predicted molar refractivity (Wildman–Crippen MR) is 88.5 cm³/mol. The predicted octanol–water partition coefficient (Wildman–Crippen LogP) is 2.54. The van der Waals surface area contributed by atoms with Crippen molar-refractivity contribution in [3.05, 3.63) is 60.2 Å². The van der Waals surface area contributed by atoms with Gasteiger partial charge in [0.2, 0.25) is 11.8 Å². The third kappa shape index (κ3) is 2.52. The van der Waals surface area contributed by atoms with Crippen LogP contribution in [0.1, 0.15) is 24.8 Å². The summed E-state index contributed by atoms with van der Waals surface area (Å²) >= 11 is 0. The quantitative estimate of drug-likeness (QED) is 0.854. The Bertz CT molecular complexity index is 785. The molecular weight excluding hydrogens is 304 g/mol. The van der Waals surface area contributed by atoms with Gasteiger partial charge in [-0.2, -0.15) is 0 Å². The molecule has 2 aromatic carbocycles. The van der Waals surface area contributed by atoms with Crippen molar-refractivity contribution < 1.29 is 14.3 Å². The van der Waals surface area contributed by atoms with E-state index in [9.17, 15) is 9.59 Å². The van der Waals surface area contributed by atoms with E-state index in [1.54, 1.807) is 0 Å². The molecule has 3 aliphatic rings. The number of benzene rings is 2. The Balaban J connectivity index is 1.64. The van der Waals surface area contributed by atoms with Gasteiger partial charge in [-0.1, -0.05) is 30.3 Å². The summed E-state index contributed by atoms with van der Waals surface area (Å²) in [5.74, 6) is 0.225. The Morgan fingerprint density at radius 2 is 1.62 bits per heavy atom. The largest absolute Gasteiger partial charge is 0.457 e. The van der Waals surface area contributed by atoms with Crippen molar-refractivity contribution in [2.24, 2.45) is 5.92 Å². The summed E-state index contributed by atoms with van der Waals surface area (Å²) in [5, 5.41) is 5.75. The van der Waals surface area contributed by atoms with Gasteiger partial charge in [0.15, 0.2) is 0 Å². The van der Waals surface area contributed by atoms with E-state index in [0.29, 0.717) is 12.2 Å². The number of hydrogen-bond donors (Lipinski definition) is 2. The van der Waals surface area contributed by atoms with Crippen molar-refractivity contribution in [3.8, 4) is 11.5 Å². The Morgan fingerprint density at radius 3 is 2.29 bits per heavy atom. The first-order chi connectivity index (χ1) is 11.5. The summed E-state index contributed by atoms with van der Waals surface area (Å²) in [4.78, 5) is 24.5. The maximum atomic E-state index is 12.2. The van der Waals surface area contributed by atoms with Crippen molar-refractivity contribution >= 4 is 11.8 Å². The van der Waals surface area contributed by atoms with E-state index in [2.05, 4.69) is 10.6 Å². The molecule has 0 unspecified atom stereocenters. The Morgan fingerprint density at radius 1 is 0.958 bits per heavy atom. The highest BCUT2D eigenvalue weighted by Crippen LogP contribution is 2.41. The van der Waals surface area contributed by atoms with E-state index < -0.39 is 11.6 Å². The summed E-state index contributed by atoms with van der Waals surface area (Å²) in [5.41, 5.74) is 0.272. The molecule has 3 fully saturated rings. The molecule has 0 radical (unpaired) electrons. The van der Waals surface area contributed by atoms with Crippen molar-refractivity contribution in [3.63, 3.8) is 0 Å². The molecule has 5 heteroatoms. The molecule has 3 aliphatic heterocycles. The Kier molecular flexibility index (Phi) is 3.30. The number of carbonyl (C=O) groups is 2. The lowest BCUT2D eigenvalue weighted by molar-refractivity contribution is -0.149. The number of fused-ring (bicyclic) bond motifs is 3. The van der Waals surface area contributed by atoms with Crippen LogP contribution in [0.3, 0.4) is 0 Å². The summed E-state index contributed by atoms with van der Waals surface area (Å²) in [6, 6.07) is 17.2. The molecule has 5 nitrogen and oxygen atoms in total. The SMILES string of the molecule is CC12C[C@H](c3cccc(Oc4ccccc4)c3)C(C(=O)N1)C(=O)N2. The van der Waals surface area contributed by atoms with Gasteiger partial charge >= 0.3 is 0 Å². The van der Waals surface area contributed by atoms with Crippen LogP contribution in [0, 0.1) is 5.92 Å². The fraction of sp³-hybridized carbons (Fsp3) is 0.263. The van der Waals surface area contributed by atoms with Gasteiger partial charge in [-0.05, 0) is 43.2 Å². The van der Waals surface area contributed by atoms with Gasteiger partial charge in [0.25, 0.3) is 0 Å². The van der Waals surface area contributed by atoms with Crippen molar-refractivity contribution in [1.82, 2.24) is 10.6 Å². The first kappa shape index (κ1) is 14.8. The van der Waals surface area contributed by atoms with E-state index in [4.69, 9.17) is 4.74 Å². The molecular formula is C19H18N2O3. The lowest BCUT2D eigenvalue weighted by Gasteiger charge is -2.48. The molecule has 0 saturated carbocycles. The average Bonchev–Trinajstić information content (AvgIpc) is 2.54. The van der Waals surface area contributed by atoms with Crippen LogP contribution in [0.4, 0.5) is 0 Å². The molecule has 2 amide bonds. The fourth-order valence-electron chi connectivity index (χ4n) is 3.62. The summed E-state index contributed by atoms with van der Waals surface area (Å²) in [7, 11) is 0. The molecule has 2 N–H and O–H groups in total. The monoisotopic (exact) mass is 322 g/mol. The van der Waals surface area contributed by atoms with Gasteiger partial charge in [-0.25, -0.2) is 0 Å². The molecule has 3 saturated heterocycles. The summed E-state index contributed by atoms with van der Waals surface area (Å²) in [6.45, 7) is 1.84. The topological polar surface area (TPSA) is 67.4 Å². The fourth-order valence-corrected chi connectivity index (χ4v) is 3.62. The zero-order valence-corrected chi connectivity index (χ0v) is 13.3. The highest BCUT2D eigenvalue weighted by molar-refractivity contribution is 6.05. The second-order valence-electron chi connectivity index (χ2n) is 6.59. The second kappa shape index (κ2) is 5.37. The van der Waals surface area contributed by atoms with Crippen molar-refractivity contribution in [2.45, 2.75) is 24.9 Å². The van der Waals surface area contributed by atoms with Crippen molar-refractivity contribution in [2.75, 3.05) is 0 Å². The number of nitrogens with one attached hydrogen (secondary N) is 2. The number of carbonyl (C=O) groups excluding carboxylic acids is 2. The number of hydrogen-bond acceptors (Lipinski definition) is 3. The maximum absolute atomic E-state index is 12.2. The van der Waals surface area contributed by atoms with E-state index in [1.165, 1.54) is 0 Å². The van der Waals surface area contributed by atoms with Crippen LogP contribution in [-0.2, 0) is 9.59 Å². The minimum absolute atomic E-state index is 0.142. The standard InChI is InChI=1S/C19H18N2O3/c1-19-11-15(16(17(22)20-19)18(23)21-19)12-6-5-9-14(10-12)24-13-7-3-2-4-8-13/h2-10,15-16H,11H2,1H3,(H,20,22)(H,21,23)/t15-,16?,19?/m1/s1. The molecule has 5 rings (SSSR count). The molecule has 2 aromatic rings. The van der Waals surface area contributed by atoms with Gasteiger partial charge < -0.3 is 15.4 Å². The van der Waals surface area contributed by atoms with E-state index >= 15 is 0 Å². The summed E-state index contributed by atoms with van der Waals surface area (Å²) < 4.78 is 5.87. The van der Waals surface area contributed by atoms with Crippen LogP contribution in [0.15, 0.2) is 54.6 Å². The van der Waals surface area contributed by atoms with Crippen LogP contribution >= 0.6 is 0 Å². The number of amides is 2. The highest BCUT2D eigenvalue weighted by Gasteiger charge is 2.53. The van der Waals surface area contributed by atoms with Crippen LogP contribution in [0.25, 0.3) is 0 Å². The third-order valence-electron chi connectivity index (χ3n) is 4.66. The normalized spacial score (nSPS) is 28.2. The summed E-state index contributed by atoms with van der Waals surface area (Å²) in [6.07, 6.45) is 0.671. The minimum Gasteiger partial charge on any atom is -0.457 e. The first-order valence-electron chi connectivity index (χ1n) is 8.01. The first-order valence-corrected chi connectivity index (χ1v) is 8.01. The molecule has 2 bridgehead atoms. The lowest BCUT2D eigenvalue weighted by Crippen LogP contribution is -2.72. The van der Waals surface area contributed by atoms with E-state index in [0.717, 1.165) is 11.3 Å². The van der Waals surface area contributed by atoms with Crippen LogP contribution in [0.5, 0.6) is 11.5 Å². The molecule has 3 heterocycles. The van der Waals surface area contributed by atoms with Gasteiger partial charge in [0, 0.05) is 5.92 Å². The lowest BCUT2D eigenvalue weighted by atomic mass is 9.72. The maximum Gasteiger partial charge on any atom is 0.235 e.